The minimum atomic E-state index is -2.91. The number of hydrogen-bond acceptors (Lipinski definition) is 1. The molecule has 3 heteroatoms. The average Bonchev–Trinajstić information content (AvgIpc) is 1.62. The molecular weight excluding hydrogens is 112 g/mol. The van der Waals surface area contributed by atoms with Crippen molar-refractivity contribution in [2.75, 3.05) is 0 Å². The number of alkyl halides is 2. The van der Waals surface area contributed by atoms with Crippen molar-refractivity contribution in [1.29, 1.82) is 5.41 Å². The van der Waals surface area contributed by atoms with Crippen LogP contribution in [-0.2, 0) is 0 Å². The topological polar surface area (TPSA) is 23.9 Å². The van der Waals surface area contributed by atoms with Gasteiger partial charge in [0.1, 0.15) is 0 Å². The largest absolute Gasteiger partial charge is 0.303 e. The van der Waals surface area contributed by atoms with E-state index in [-0.39, 0.29) is 6.42 Å². The van der Waals surface area contributed by atoms with Gasteiger partial charge in [0.15, 0.2) is 0 Å². The van der Waals surface area contributed by atoms with Crippen LogP contribution in [0.4, 0.5) is 8.78 Å². The molecule has 0 spiro atoms. The van der Waals surface area contributed by atoms with Crippen molar-refractivity contribution in [3.8, 4) is 0 Å². The fourth-order valence-electron chi connectivity index (χ4n) is 0.310. The number of hydrogen-bond donors (Lipinski definition) is 1. The van der Waals surface area contributed by atoms with Crippen molar-refractivity contribution in [3.63, 3.8) is 0 Å². The first-order valence-corrected chi connectivity index (χ1v) is 2.44. The van der Waals surface area contributed by atoms with Gasteiger partial charge in [-0.1, -0.05) is 6.92 Å². The minimum absolute atomic E-state index is 0.128. The first-order chi connectivity index (χ1) is 3.48. The van der Waals surface area contributed by atoms with Crippen LogP contribution in [0.15, 0.2) is 0 Å². The van der Waals surface area contributed by atoms with Crippen LogP contribution in [0.1, 0.15) is 20.3 Å². The molecular formula is C5H9F2N. The Balaban J connectivity index is 3.82. The van der Waals surface area contributed by atoms with Gasteiger partial charge in [0.2, 0.25) is 0 Å². The van der Waals surface area contributed by atoms with E-state index in [9.17, 15) is 8.78 Å². The second-order valence-electron chi connectivity index (χ2n) is 1.72. The zero-order chi connectivity index (χ0) is 6.78. The number of rotatable bonds is 2. The Morgan fingerprint density at radius 2 is 2.00 bits per heavy atom. The van der Waals surface area contributed by atoms with Gasteiger partial charge in [0, 0.05) is 6.92 Å². The third-order valence-electron chi connectivity index (χ3n) is 0.883. The van der Waals surface area contributed by atoms with Crippen LogP contribution in [-0.4, -0.2) is 11.6 Å². The van der Waals surface area contributed by atoms with Crippen LogP contribution < -0.4 is 0 Å². The molecule has 0 aromatic rings. The van der Waals surface area contributed by atoms with Crippen molar-refractivity contribution < 1.29 is 8.78 Å². The minimum Gasteiger partial charge on any atom is -0.303 e. The second-order valence-corrected chi connectivity index (χ2v) is 1.72. The first-order valence-electron chi connectivity index (χ1n) is 2.44. The van der Waals surface area contributed by atoms with E-state index in [0.29, 0.717) is 0 Å². The van der Waals surface area contributed by atoms with E-state index in [1.165, 1.54) is 0 Å². The van der Waals surface area contributed by atoms with Crippen LogP contribution >= 0.6 is 0 Å². The summed E-state index contributed by atoms with van der Waals surface area (Å²) >= 11 is 0. The Hall–Kier alpha value is -0.470. The maximum Gasteiger partial charge on any atom is 0.282 e. The highest BCUT2D eigenvalue weighted by Gasteiger charge is 2.25. The molecule has 1 nitrogen and oxygen atoms in total. The predicted molar refractivity (Wildman–Crippen MR) is 28.6 cm³/mol. The summed E-state index contributed by atoms with van der Waals surface area (Å²) in [6, 6.07) is 0. The molecule has 0 saturated carbocycles. The van der Waals surface area contributed by atoms with E-state index in [2.05, 4.69) is 0 Å². The summed E-state index contributed by atoms with van der Waals surface area (Å²) in [7, 11) is 0. The van der Waals surface area contributed by atoms with Gasteiger partial charge < -0.3 is 5.41 Å². The van der Waals surface area contributed by atoms with Crippen molar-refractivity contribution in [3.05, 3.63) is 0 Å². The molecule has 0 unspecified atom stereocenters. The molecule has 0 amide bonds. The van der Waals surface area contributed by atoms with Gasteiger partial charge >= 0.3 is 0 Å². The van der Waals surface area contributed by atoms with Crippen LogP contribution in [0, 0.1) is 5.41 Å². The molecule has 0 heterocycles. The molecule has 0 saturated heterocycles. The fraction of sp³-hybridized carbons (Fsp3) is 0.800. The smallest absolute Gasteiger partial charge is 0.282 e. The molecule has 0 aliphatic heterocycles. The molecule has 0 fully saturated rings. The molecule has 0 bridgehead atoms. The zero-order valence-corrected chi connectivity index (χ0v) is 4.96. The highest BCUT2D eigenvalue weighted by molar-refractivity contribution is 5.87. The Morgan fingerprint density at radius 1 is 1.62 bits per heavy atom. The summed E-state index contributed by atoms with van der Waals surface area (Å²) in [6.45, 7) is 2.28. The van der Waals surface area contributed by atoms with Gasteiger partial charge in [-0.3, -0.25) is 0 Å². The molecule has 0 radical (unpaired) electrons. The number of halogens is 2. The average molecular weight is 121 g/mol. The summed E-state index contributed by atoms with van der Waals surface area (Å²) in [5, 5.41) is 6.64. The lowest BCUT2D eigenvalue weighted by molar-refractivity contribution is 0.0973. The molecule has 0 atom stereocenters. The lowest BCUT2D eigenvalue weighted by atomic mass is 10.2. The summed E-state index contributed by atoms with van der Waals surface area (Å²) in [4.78, 5) is 0. The van der Waals surface area contributed by atoms with Crippen molar-refractivity contribution >= 4 is 5.71 Å². The maximum atomic E-state index is 11.9. The summed E-state index contributed by atoms with van der Waals surface area (Å²) in [6.07, 6.45) is 0.128. The van der Waals surface area contributed by atoms with Crippen molar-refractivity contribution in [2.24, 2.45) is 0 Å². The lowest BCUT2D eigenvalue weighted by Gasteiger charge is -2.07. The summed E-state index contributed by atoms with van der Waals surface area (Å²) in [5.74, 6) is -2.91. The Bertz CT molecular complexity index is 93.1. The molecule has 0 aliphatic rings. The Morgan fingerprint density at radius 3 is 2.00 bits per heavy atom. The molecule has 0 aliphatic carbocycles. The Labute approximate surface area is 47.2 Å². The molecule has 0 rings (SSSR count). The van der Waals surface area contributed by atoms with Gasteiger partial charge in [-0.25, -0.2) is 8.78 Å². The van der Waals surface area contributed by atoms with Gasteiger partial charge in [-0.2, -0.15) is 0 Å². The van der Waals surface area contributed by atoms with E-state index in [1.807, 2.05) is 0 Å². The van der Waals surface area contributed by atoms with Crippen molar-refractivity contribution in [2.45, 2.75) is 26.2 Å². The van der Waals surface area contributed by atoms with Crippen LogP contribution in [0.25, 0.3) is 0 Å². The first kappa shape index (κ1) is 7.53. The molecule has 1 N–H and O–H groups in total. The molecule has 8 heavy (non-hydrogen) atoms. The van der Waals surface area contributed by atoms with Gasteiger partial charge in [0.05, 0.1) is 5.71 Å². The SMILES string of the molecule is CCC(=N)C(C)(F)F. The third-order valence-corrected chi connectivity index (χ3v) is 0.883. The van der Waals surface area contributed by atoms with E-state index >= 15 is 0 Å². The third kappa shape index (κ3) is 2.00. The zero-order valence-electron chi connectivity index (χ0n) is 4.96. The van der Waals surface area contributed by atoms with Gasteiger partial charge in [0.25, 0.3) is 5.92 Å². The maximum absolute atomic E-state index is 11.9. The van der Waals surface area contributed by atoms with Crippen molar-refractivity contribution in [1.82, 2.24) is 0 Å². The molecule has 48 valence electrons. The highest BCUT2D eigenvalue weighted by Crippen LogP contribution is 2.14. The van der Waals surface area contributed by atoms with E-state index < -0.39 is 11.6 Å². The van der Waals surface area contributed by atoms with E-state index in [1.54, 1.807) is 6.92 Å². The second kappa shape index (κ2) is 2.20. The fourth-order valence-corrected chi connectivity index (χ4v) is 0.310. The van der Waals surface area contributed by atoms with Crippen LogP contribution in [0.5, 0.6) is 0 Å². The monoisotopic (exact) mass is 121 g/mol. The molecule has 0 aromatic heterocycles. The van der Waals surface area contributed by atoms with Crippen LogP contribution in [0.3, 0.4) is 0 Å². The van der Waals surface area contributed by atoms with Gasteiger partial charge in [-0.15, -0.1) is 0 Å². The standard InChI is InChI=1S/C5H9F2N/c1-3-4(8)5(2,6)7/h8H,3H2,1-2H3. The highest BCUT2D eigenvalue weighted by atomic mass is 19.3. The van der Waals surface area contributed by atoms with Gasteiger partial charge in [-0.05, 0) is 6.42 Å². The summed E-state index contributed by atoms with van der Waals surface area (Å²) in [5.41, 5.74) is -0.502. The molecule has 0 aromatic carbocycles. The normalized spacial score (nSPS) is 11.5. The quantitative estimate of drug-likeness (QED) is 0.541. The summed E-state index contributed by atoms with van der Waals surface area (Å²) < 4.78 is 23.8. The number of nitrogens with one attached hydrogen (secondary N) is 1. The predicted octanol–water partition coefficient (Wildman–Crippen LogP) is 2.07. The van der Waals surface area contributed by atoms with E-state index in [0.717, 1.165) is 6.92 Å². The Kier molecular flexibility index (Phi) is 2.07. The lowest BCUT2D eigenvalue weighted by Crippen LogP contribution is -2.22. The van der Waals surface area contributed by atoms with E-state index in [4.69, 9.17) is 5.41 Å². The van der Waals surface area contributed by atoms with Crippen LogP contribution in [0.2, 0.25) is 0 Å².